The molecule has 0 saturated carbocycles. The van der Waals surface area contributed by atoms with Gasteiger partial charge in [-0.3, -0.25) is 4.79 Å². The van der Waals surface area contributed by atoms with Crippen LogP contribution in [0.4, 0.5) is 0 Å². The quantitative estimate of drug-likeness (QED) is 0.588. The van der Waals surface area contributed by atoms with Crippen LogP contribution < -0.4 is 0 Å². The van der Waals surface area contributed by atoms with E-state index < -0.39 is 0 Å². The Balaban J connectivity index is 2.83. The topological polar surface area (TPSA) is 39.2 Å². The lowest BCUT2D eigenvalue weighted by Gasteiger charge is -2.03. The third-order valence-electron chi connectivity index (χ3n) is 1.72. The van der Waals surface area contributed by atoms with Crippen molar-refractivity contribution in [1.29, 1.82) is 0 Å². The number of aromatic nitrogens is 1. The largest absolute Gasteiger partial charge is 0.469 e. The van der Waals surface area contributed by atoms with Gasteiger partial charge in [-0.2, -0.15) is 0 Å². The summed E-state index contributed by atoms with van der Waals surface area (Å²) in [5.41, 5.74) is 1.75. The molecule has 0 N–H and O–H groups in total. The van der Waals surface area contributed by atoms with Crippen molar-refractivity contribution in [3.05, 3.63) is 28.0 Å². The van der Waals surface area contributed by atoms with E-state index >= 15 is 0 Å². The van der Waals surface area contributed by atoms with Crippen LogP contribution in [0, 0.1) is 6.92 Å². The van der Waals surface area contributed by atoms with Crippen molar-refractivity contribution in [3.63, 3.8) is 0 Å². The summed E-state index contributed by atoms with van der Waals surface area (Å²) in [4.78, 5) is 15.1. The molecule has 0 bridgehead atoms. The van der Waals surface area contributed by atoms with Gasteiger partial charge in [0.25, 0.3) is 0 Å². The monoisotopic (exact) mass is 243 g/mol. The molecule has 3 nitrogen and oxygen atoms in total. The third-order valence-corrected chi connectivity index (χ3v) is 2.17. The lowest BCUT2D eigenvalue weighted by Crippen LogP contribution is -2.06. The van der Waals surface area contributed by atoms with Gasteiger partial charge in [-0.05, 0) is 34.5 Å². The maximum absolute atomic E-state index is 11.0. The fraction of sp³-hybridized carbons (Fsp3) is 0.333. The van der Waals surface area contributed by atoms with Crippen LogP contribution in [-0.2, 0) is 16.0 Å². The summed E-state index contributed by atoms with van der Waals surface area (Å²) < 4.78 is 5.34. The normalized spacial score (nSPS) is 9.77. The highest BCUT2D eigenvalue weighted by Gasteiger charge is 2.06. The highest BCUT2D eigenvalue weighted by molar-refractivity contribution is 9.10. The number of aryl methyl sites for hydroxylation is 1. The van der Waals surface area contributed by atoms with Crippen LogP contribution >= 0.6 is 15.9 Å². The number of carbonyl (C=O) groups is 1. The number of hydrogen-bond acceptors (Lipinski definition) is 3. The maximum atomic E-state index is 11.0. The number of carbonyl (C=O) groups excluding carboxylic acids is 1. The summed E-state index contributed by atoms with van der Waals surface area (Å²) >= 11 is 3.25. The molecule has 0 amide bonds. The standard InChI is InChI=1S/C9H10BrNO2/c1-6-7(5-9(12)13-2)3-4-8(10)11-6/h3-4H,5H2,1-2H3. The summed E-state index contributed by atoms with van der Waals surface area (Å²) in [6.07, 6.45) is 0.280. The van der Waals surface area contributed by atoms with Gasteiger partial charge >= 0.3 is 5.97 Å². The molecule has 1 aromatic rings. The van der Waals surface area contributed by atoms with Crippen LogP contribution in [0.1, 0.15) is 11.3 Å². The van der Waals surface area contributed by atoms with E-state index in [0.29, 0.717) is 0 Å². The molecule has 0 unspecified atom stereocenters. The minimum Gasteiger partial charge on any atom is -0.469 e. The van der Waals surface area contributed by atoms with E-state index in [9.17, 15) is 4.79 Å². The van der Waals surface area contributed by atoms with E-state index in [1.807, 2.05) is 19.1 Å². The van der Waals surface area contributed by atoms with Crippen molar-refractivity contribution in [2.75, 3.05) is 7.11 Å². The Morgan fingerprint density at radius 1 is 1.62 bits per heavy atom. The van der Waals surface area contributed by atoms with Gasteiger partial charge in [0.15, 0.2) is 0 Å². The molecule has 1 heterocycles. The zero-order valence-corrected chi connectivity index (χ0v) is 9.09. The summed E-state index contributed by atoms with van der Waals surface area (Å²) in [5, 5.41) is 0. The highest BCUT2D eigenvalue weighted by Crippen LogP contribution is 2.12. The molecule has 1 aromatic heterocycles. The van der Waals surface area contributed by atoms with Crippen LogP contribution in [0.5, 0.6) is 0 Å². The summed E-state index contributed by atoms with van der Waals surface area (Å²) in [6, 6.07) is 3.68. The van der Waals surface area contributed by atoms with E-state index in [1.54, 1.807) is 0 Å². The smallest absolute Gasteiger partial charge is 0.310 e. The molecule has 0 aliphatic carbocycles. The van der Waals surface area contributed by atoms with Crippen LogP contribution in [0.15, 0.2) is 16.7 Å². The fourth-order valence-electron chi connectivity index (χ4n) is 0.974. The fourth-order valence-corrected chi connectivity index (χ4v) is 1.37. The molecular weight excluding hydrogens is 234 g/mol. The van der Waals surface area contributed by atoms with Crippen molar-refractivity contribution < 1.29 is 9.53 Å². The molecule has 0 fully saturated rings. The van der Waals surface area contributed by atoms with E-state index in [-0.39, 0.29) is 12.4 Å². The van der Waals surface area contributed by atoms with E-state index in [2.05, 4.69) is 25.7 Å². The van der Waals surface area contributed by atoms with Gasteiger partial charge in [0.05, 0.1) is 13.5 Å². The molecule has 0 aliphatic rings. The molecule has 0 aliphatic heterocycles. The zero-order valence-electron chi connectivity index (χ0n) is 7.50. The van der Waals surface area contributed by atoms with Gasteiger partial charge in [-0.25, -0.2) is 4.98 Å². The van der Waals surface area contributed by atoms with Crippen LogP contribution in [-0.4, -0.2) is 18.1 Å². The molecule has 0 aromatic carbocycles. The summed E-state index contributed by atoms with van der Waals surface area (Å²) in [7, 11) is 1.38. The van der Waals surface area contributed by atoms with E-state index in [4.69, 9.17) is 0 Å². The molecule has 4 heteroatoms. The average Bonchev–Trinajstić information content (AvgIpc) is 2.09. The van der Waals surface area contributed by atoms with Gasteiger partial charge in [-0.1, -0.05) is 6.07 Å². The number of esters is 1. The Kier molecular flexibility index (Phi) is 3.42. The molecule has 0 atom stereocenters. The van der Waals surface area contributed by atoms with Crippen molar-refractivity contribution in [2.24, 2.45) is 0 Å². The van der Waals surface area contributed by atoms with Gasteiger partial charge in [0.1, 0.15) is 4.60 Å². The number of methoxy groups -OCH3 is 1. The van der Waals surface area contributed by atoms with Crippen LogP contribution in [0.25, 0.3) is 0 Å². The van der Waals surface area contributed by atoms with Crippen molar-refractivity contribution in [3.8, 4) is 0 Å². The second kappa shape index (κ2) is 4.37. The van der Waals surface area contributed by atoms with Crippen LogP contribution in [0.2, 0.25) is 0 Å². The summed E-state index contributed by atoms with van der Waals surface area (Å²) in [5.74, 6) is -0.243. The third kappa shape index (κ3) is 2.81. The van der Waals surface area contributed by atoms with Gasteiger partial charge in [0.2, 0.25) is 0 Å². The van der Waals surface area contributed by atoms with Gasteiger partial charge in [0, 0.05) is 5.69 Å². The van der Waals surface area contributed by atoms with Crippen LogP contribution in [0.3, 0.4) is 0 Å². The lowest BCUT2D eigenvalue weighted by molar-refractivity contribution is -0.139. The molecule has 0 spiro atoms. The second-order valence-electron chi connectivity index (χ2n) is 2.63. The minimum absolute atomic E-state index is 0.243. The van der Waals surface area contributed by atoms with Crippen molar-refractivity contribution in [1.82, 2.24) is 4.98 Å². The Labute approximate surface area is 85.3 Å². The first-order valence-electron chi connectivity index (χ1n) is 3.82. The SMILES string of the molecule is COC(=O)Cc1ccc(Br)nc1C. The Bertz CT molecular complexity index is 325. The first-order chi connectivity index (χ1) is 6.13. The predicted octanol–water partition coefficient (Wildman–Crippen LogP) is 1.87. The molecular formula is C9H10BrNO2. The van der Waals surface area contributed by atoms with Crippen molar-refractivity contribution >= 4 is 21.9 Å². The Morgan fingerprint density at radius 3 is 2.85 bits per heavy atom. The maximum Gasteiger partial charge on any atom is 0.310 e. The number of hydrogen-bond donors (Lipinski definition) is 0. The highest BCUT2D eigenvalue weighted by atomic mass is 79.9. The first-order valence-corrected chi connectivity index (χ1v) is 4.61. The number of nitrogens with zero attached hydrogens (tertiary/aromatic N) is 1. The Hall–Kier alpha value is -0.900. The number of halogens is 1. The zero-order chi connectivity index (χ0) is 9.84. The van der Waals surface area contributed by atoms with Gasteiger partial charge < -0.3 is 4.74 Å². The molecule has 0 radical (unpaired) electrons. The predicted molar refractivity (Wildman–Crippen MR) is 52.4 cm³/mol. The number of ether oxygens (including phenoxy) is 1. The molecule has 0 saturated heterocycles. The lowest BCUT2D eigenvalue weighted by atomic mass is 10.1. The van der Waals surface area contributed by atoms with E-state index in [0.717, 1.165) is 15.9 Å². The average molecular weight is 244 g/mol. The minimum atomic E-state index is -0.243. The second-order valence-corrected chi connectivity index (χ2v) is 3.44. The van der Waals surface area contributed by atoms with E-state index in [1.165, 1.54) is 7.11 Å². The summed E-state index contributed by atoms with van der Waals surface area (Å²) in [6.45, 7) is 1.86. The molecule has 70 valence electrons. The van der Waals surface area contributed by atoms with Gasteiger partial charge in [-0.15, -0.1) is 0 Å². The van der Waals surface area contributed by atoms with Crippen molar-refractivity contribution in [2.45, 2.75) is 13.3 Å². The first kappa shape index (κ1) is 10.2. The number of pyridine rings is 1. The number of rotatable bonds is 2. The molecule has 1 rings (SSSR count). The Morgan fingerprint density at radius 2 is 2.31 bits per heavy atom. The molecule has 13 heavy (non-hydrogen) atoms.